The molecule has 2 N–H and O–H groups in total. The van der Waals surface area contributed by atoms with Gasteiger partial charge in [0.25, 0.3) is 0 Å². The number of benzene rings is 1. The van der Waals surface area contributed by atoms with Crippen molar-refractivity contribution < 1.29 is 14.0 Å². The Labute approximate surface area is 118 Å². The lowest BCUT2D eigenvalue weighted by molar-refractivity contribution is -0.126. The van der Waals surface area contributed by atoms with Gasteiger partial charge in [0, 0.05) is 13.0 Å². The van der Waals surface area contributed by atoms with Crippen LogP contribution in [0.15, 0.2) is 24.3 Å². The molecule has 0 spiro atoms. The summed E-state index contributed by atoms with van der Waals surface area (Å²) in [6.45, 7) is 4.19. The van der Waals surface area contributed by atoms with Gasteiger partial charge in [-0.3, -0.25) is 9.59 Å². The van der Waals surface area contributed by atoms with Crippen LogP contribution in [0.1, 0.15) is 25.8 Å². The lowest BCUT2D eigenvalue weighted by Gasteiger charge is -2.08. The predicted octanol–water partition coefficient (Wildman–Crippen LogP) is 1.65. The summed E-state index contributed by atoms with van der Waals surface area (Å²) in [6, 6.07) is 6.46. The minimum absolute atomic E-state index is 0.0389. The summed E-state index contributed by atoms with van der Waals surface area (Å²) in [7, 11) is 0. The fraction of sp³-hybridized carbons (Fsp3) is 0.467. The molecule has 0 aliphatic rings. The van der Waals surface area contributed by atoms with Crippen molar-refractivity contribution in [2.75, 3.05) is 13.1 Å². The average Bonchev–Trinajstić information content (AvgIpc) is 2.38. The molecule has 0 saturated carbocycles. The summed E-state index contributed by atoms with van der Waals surface area (Å²) in [5.41, 5.74) is 0.566. The highest BCUT2D eigenvalue weighted by atomic mass is 19.1. The predicted molar refractivity (Wildman–Crippen MR) is 75.6 cm³/mol. The maximum Gasteiger partial charge on any atom is 0.239 e. The Bertz CT molecular complexity index is 461. The third-order valence-electron chi connectivity index (χ3n) is 2.71. The van der Waals surface area contributed by atoms with Gasteiger partial charge in [-0.2, -0.15) is 0 Å². The highest BCUT2D eigenvalue weighted by molar-refractivity contribution is 5.84. The summed E-state index contributed by atoms with van der Waals surface area (Å²) >= 11 is 0. The van der Waals surface area contributed by atoms with Gasteiger partial charge in [-0.05, 0) is 24.0 Å². The topological polar surface area (TPSA) is 58.2 Å². The normalized spacial score (nSPS) is 10.4. The highest BCUT2D eigenvalue weighted by Crippen LogP contribution is 2.05. The average molecular weight is 280 g/mol. The molecule has 0 radical (unpaired) electrons. The molecule has 0 saturated heterocycles. The minimum atomic E-state index is -0.271. The second-order valence-corrected chi connectivity index (χ2v) is 5.07. The molecule has 20 heavy (non-hydrogen) atoms. The van der Waals surface area contributed by atoms with Crippen molar-refractivity contribution >= 4 is 11.8 Å². The molecule has 4 nitrogen and oxygen atoms in total. The van der Waals surface area contributed by atoms with Gasteiger partial charge >= 0.3 is 0 Å². The molecule has 1 aromatic rings. The van der Waals surface area contributed by atoms with Crippen LogP contribution in [0.25, 0.3) is 0 Å². The number of hydrogen-bond acceptors (Lipinski definition) is 2. The molecule has 5 heteroatoms. The van der Waals surface area contributed by atoms with Crippen LogP contribution in [0, 0.1) is 11.7 Å². The van der Waals surface area contributed by atoms with Crippen molar-refractivity contribution in [1.29, 1.82) is 0 Å². The molecule has 0 heterocycles. The number of halogens is 1. The first-order chi connectivity index (χ1) is 9.49. The van der Waals surface area contributed by atoms with E-state index in [1.165, 1.54) is 6.07 Å². The molecule has 0 aliphatic carbocycles. The van der Waals surface area contributed by atoms with E-state index in [-0.39, 0.29) is 30.1 Å². The van der Waals surface area contributed by atoms with Gasteiger partial charge in [0.1, 0.15) is 5.82 Å². The fourth-order valence-corrected chi connectivity index (χ4v) is 1.72. The number of amides is 2. The number of carbonyl (C=O) groups excluding carboxylic acids is 2. The number of nitrogens with one attached hydrogen (secondary N) is 2. The summed E-state index contributed by atoms with van der Waals surface area (Å²) in [4.78, 5) is 22.8. The van der Waals surface area contributed by atoms with E-state index in [0.717, 1.165) is 0 Å². The molecule has 0 fully saturated rings. The molecular formula is C15H21FN2O2. The summed E-state index contributed by atoms with van der Waals surface area (Å²) in [5.74, 6) is -0.409. The van der Waals surface area contributed by atoms with Gasteiger partial charge in [-0.1, -0.05) is 32.0 Å². The second-order valence-electron chi connectivity index (χ2n) is 5.07. The van der Waals surface area contributed by atoms with Crippen LogP contribution in [0.4, 0.5) is 4.39 Å². The third-order valence-corrected chi connectivity index (χ3v) is 2.71. The highest BCUT2D eigenvalue weighted by Gasteiger charge is 2.07. The molecule has 0 aliphatic heterocycles. The Balaban J connectivity index is 2.21. The van der Waals surface area contributed by atoms with E-state index in [9.17, 15) is 14.0 Å². The van der Waals surface area contributed by atoms with Gasteiger partial charge < -0.3 is 10.6 Å². The standard InChI is InChI=1S/C15H21FN2O2/c1-11(2)9-14(19)18-10-15(20)17-8-7-12-5-3-4-6-13(12)16/h3-6,11H,7-10H2,1-2H3,(H,17,20)(H,18,19). The Morgan fingerprint density at radius 1 is 1.15 bits per heavy atom. The lowest BCUT2D eigenvalue weighted by Crippen LogP contribution is -2.38. The second kappa shape index (κ2) is 8.30. The van der Waals surface area contributed by atoms with E-state index < -0.39 is 0 Å². The Hall–Kier alpha value is -1.91. The molecule has 0 unspecified atom stereocenters. The van der Waals surface area contributed by atoms with Crippen molar-refractivity contribution in [3.63, 3.8) is 0 Å². The quantitative estimate of drug-likeness (QED) is 0.798. The van der Waals surface area contributed by atoms with Crippen LogP contribution in [-0.2, 0) is 16.0 Å². The molecule has 2 amide bonds. The first-order valence-electron chi connectivity index (χ1n) is 6.76. The molecule has 1 aromatic carbocycles. The van der Waals surface area contributed by atoms with Crippen LogP contribution < -0.4 is 10.6 Å². The van der Waals surface area contributed by atoms with Crippen molar-refractivity contribution in [2.45, 2.75) is 26.7 Å². The van der Waals surface area contributed by atoms with Gasteiger partial charge in [0.05, 0.1) is 6.54 Å². The third kappa shape index (κ3) is 6.31. The van der Waals surface area contributed by atoms with Gasteiger partial charge in [0.2, 0.25) is 11.8 Å². The van der Waals surface area contributed by atoms with Gasteiger partial charge in [-0.15, -0.1) is 0 Å². The monoisotopic (exact) mass is 280 g/mol. The van der Waals surface area contributed by atoms with Crippen molar-refractivity contribution in [3.05, 3.63) is 35.6 Å². The van der Waals surface area contributed by atoms with E-state index in [4.69, 9.17) is 0 Å². The van der Waals surface area contributed by atoms with E-state index in [2.05, 4.69) is 10.6 Å². The summed E-state index contributed by atoms with van der Waals surface area (Å²) < 4.78 is 13.3. The van der Waals surface area contributed by atoms with Crippen LogP contribution in [0.3, 0.4) is 0 Å². The Morgan fingerprint density at radius 2 is 1.85 bits per heavy atom. The summed E-state index contributed by atoms with van der Waals surface area (Å²) in [6.07, 6.45) is 0.834. The van der Waals surface area contributed by atoms with E-state index in [1.54, 1.807) is 18.2 Å². The maximum absolute atomic E-state index is 13.3. The number of carbonyl (C=O) groups is 2. The SMILES string of the molecule is CC(C)CC(=O)NCC(=O)NCCc1ccccc1F. The molecule has 1 rings (SSSR count). The van der Waals surface area contributed by atoms with Crippen LogP contribution in [0.2, 0.25) is 0 Å². The first-order valence-corrected chi connectivity index (χ1v) is 6.76. The number of rotatable bonds is 7. The zero-order valence-corrected chi connectivity index (χ0v) is 11.9. The van der Waals surface area contributed by atoms with E-state index in [1.807, 2.05) is 13.8 Å². The molecule has 0 atom stereocenters. The Kier molecular flexibility index (Phi) is 6.70. The molecule has 0 aromatic heterocycles. The van der Waals surface area contributed by atoms with Crippen LogP contribution in [0.5, 0.6) is 0 Å². The molecule has 110 valence electrons. The first kappa shape index (κ1) is 16.1. The van der Waals surface area contributed by atoms with Crippen LogP contribution in [-0.4, -0.2) is 24.9 Å². The van der Waals surface area contributed by atoms with Crippen molar-refractivity contribution in [3.8, 4) is 0 Å². The van der Waals surface area contributed by atoms with Crippen molar-refractivity contribution in [2.24, 2.45) is 5.92 Å². The number of hydrogen-bond donors (Lipinski definition) is 2. The van der Waals surface area contributed by atoms with Gasteiger partial charge in [0.15, 0.2) is 0 Å². The lowest BCUT2D eigenvalue weighted by atomic mass is 10.1. The zero-order valence-electron chi connectivity index (χ0n) is 11.9. The molecule has 0 bridgehead atoms. The van der Waals surface area contributed by atoms with Crippen molar-refractivity contribution in [1.82, 2.24) is 10.6 Å². The molecular weight excluding hydrogens is 259 g/mol. The van der Waals surface area contributed by atoms with E-state index in [0.29, 0.717) is 24.9 Å². The maximum atomic E-state index is 13.3. The smallest absolute Gasteiger partial charge is 0.239 e. The zero-order chi connectivity index (χ0) is 15.0. The largest absolute Gasteiger partial charge is 0.354 e. The van der Waals surface area contributed by atoms with E-state index >= 15 is 0 Å². The fourth-order valence-electron chi connectivity index (χ4n) is 1.72. The van der Waals surface area contributed by atoms with Crippen LogP contribution >= 0.6 is 0 Å². The Morgan fingerprint density at radius 3 is 2.50 bits per heavy atom. The minimum Gasteiger partial charge on any atom is -0.354 e. The summed E-state index contributed by atoms with van der Waals surface area (Å²) in [5, 5.41) is 5.20. The van der Waals surface area contributed by atoms with Gasteiger partial charge in [-0.25, -0.2) is 4.39 Å².